The van der Waals surface area contributed by atoms with E-state index in [1.807, 2.05) is 0 Å². The topological polar surface area (TPSA) is 120 Å². The van der Waals surface area contributed by atoms with Crippen molar-refractivity contribution in [2.45, 2.75) is 16.0 Å². The van der Waals surface area contributed by atoms with Crippen molar-refractivity contribution in [2.24, 2.45) is 0 Å². The normalized spacial score (nSPS) is 12.4. The van der Waals surface area contributed by atoms with Gasteiger partial charge in [0.2, 0.25) is 0 Å². The van der Waals surface area contributed by atoms with E-state index in [0.29, 0.717) is 16.6 Å². The first-order valence-corrected chi connectivity index (χ1v) is 13.4. The Morgan fingerprint density at radius 2 is 1.53 bits per heavy atom. The zero-order valence-corrected chi connectivity index (χ0v) is 20.8. The largest absolute Gasteiger partial charge is 0.417 e. The SMILES string of the molecule is O=c1oc2c(OS(=O)(=O)c3ccc(C(F)(F)F)cc3)cccc2cc1NS(=O)(=O)c1cccc(Br)c1. The van der Waals surface area contributed by atoms with Crippen molar-refractivity contribution in [2.75, 3.05) is 4.72 Å². The van der Waals surface area contributed by atoms with Crippen LogP contribution >= 0.6 is 15.9 Å². The summed E-state index contributed by atoms with van der Waals surface area (Å²) < 4.78 is 102. The van der Waals surface area contributed by atoms with E-state index in [0.717, 1.165) is 24.3 Å². The average molecular weight is 604 g/mol. The smallest absolute Gasteiger partial charge is 0.416 e. The molecule has 0 unspecified atom stereocenters. The summed E-state index contributed by atoms with van der Waals surface area (Å²) in [7, 11) is -8.77. The van der Waals surface area contributed by atoms with Crippen molar-refractivity contribution in [3.05, 3.63) is 93.3 Å². The number of benzene rings is 3. The molecule has 8 nitrogen and oxygen atoms in total. The zero-order chi connectivity index (χ0) is 26.3. The van der Waals surface area contributed by atoms with E-state index in [1.165, 1.54) is 30.3 Å². The van der Waals surface area contributed by atoms with Crippen LogP contribution in [0.1, 0.15) is 5.56 Å². The van der Waals surface area contributed by atoms with Gasteiger partial charge in [-0.1, -0.05) is 34.1 Å². The third kappa shape index (κ3) is 5.39. The van der Waals surface area contributed by atoms with Gasteiger partial charge in [0, 0.05) is 9.86 Å². The van der Waals surface area contributed by atoms with Crippen molar-refractivity contribution in [1.82, 2.24) is 0 Å². The molecule has 0 bridgehead atoms. The molecule has 0 fully saturated rings. The van der Waals surface area contributed by atoms with Crippen LogP contribution in [-0.2, 0) is 26.3 Å². The van der Waals surface area contributed by atoms with Crippen molar-refractivity contribution in [3.63, 3.8) is 0 Å². The lowest BCUT2D eigenvalue weighted by molar-refractivity contribution is -0.137. The molecule has 3 aromatic carbocycles. The molecule has 1 aromatic heterocycles. The van der Waals surface area contributed by atoms with Crippen LogP contribution in [0.15, 0.2) is 96.3 Å². The predicted octanol–water partition coefficient (Wildman–Crippen LogP) is 5.14. The van der Waals surface area contributed by atoms with Gasteiger partial charge in [-0.3, -0.25) is 4.72 Å². The van der Waals surface area contributed by atoms with E-state index >= 15 is 0 Å². The molecule has 0 saturated carbocycles. The quantitative estimate of drug-likeness (QED) is 0.239. The first kappa shape index (κ1) is 25.7. The van der Waals surface area contributed by atoms with Gasteiger partial charge in [-0.25, -0.2) is 13.2 Å². The third-order valence-electron chi connectivity index (χ3n) is 4.74. The summed E-state index contributed by atoms with van der Waals surface area (Å²) in [5.41, 5.74) is -2.94. The molecule has 4 aromatic rings. The molecule has 4 rings (SSSR count). The van der Waals surface area contributed by atoms with Gasteiger partial charge in [-0.05, 0) is 54.6 Å². The fraction of sp³-hybridized carbons (Fsp3) is 0.0455. The Labute approximate surface area is 210 Å². The molecule has 0 radical (unpaired) electrons. The van der Waals surface area contributed by atoms with E-state index in [1.54, 1.807) is 6.07 Å². The molecule has 0 aliphatic heterocycles. The number of fused-ring (bicyclic) bond motifs is 1. The minimum atomic E-state index is -4.65. The highest BCUT2D eigenvalue weighted by molar-refractivity contribution is 9.10. The summed E-state index contributed by atoms with van der Waals surface area (Å²) >= 11 is 3.16. The monoisotopic (exact) mass is 603 g/mol. The minimum absolute atomic E-state index is 0.113. The van der Waals surface area contributed by atoms with Gasteiger partial charge >= 0.3 is 21.9 Å². The summed E-state index contributed by atoms with van der Waals surface area (Å²) in [6, 6.07) is 13.4. The Bertz CT molecular complexity index is 1730. The van der Waals surface area contributed by atoms with Crippen molar-refractivity contribution >= 4 is 52.7 Å². The third-order valence-corrected chi connectivity index (χ3v) is 7.85. The molecule has 0 amide bonds. The lowest BCUT2D eigenvalue weighted by Crippen LogP contribution is -2.18. The molecule has 0 aliphatic rings. The van der Waals surface area contributed by atoms with E-state index in [9.17, 15) is 34.8 Å². The highest BCUT2D eigenvalue weighted by Gasteiger charge is 2.31. The number of alkyl halides is 3. The highest BCUT2D eigenvalue weighted by Crippen LogP contribution is 2.32. The first-order valence-electron chi connectivity index (χ1n) is 9.73. The maximum Gasteiger partial charge on any atom is 0.416 e. The van der Waals surface area contributed by atoms with Crippen LogP contribution in [0.2, 0.25) is 0 Å². The number of sulfonamides is 1. The molecule has 0 saturated heterocycles. The maximum absolute atomic E-state index is 12.8. The second kappa shape index (κ2) is 9.26. The summed E-state index contributed by atoms with van der Waals surface area (Å²) in [4.78, 5) is 11.8. The number of hydrogen-bond donors (Lipinski definition) is 1. The fourth-order valence-electron chi connectivity index (χ4n) is 3.07. The van der Waals surface area contributed by atoms with Gasteiger partial charge < -0.3 is 8.60 Å². The zero-order valence-electron chi connectivity index (χ0n) is 17.6. The number of hydrogen-bond acceptors (Lipinski definition) is 7. The summed E-state index contributed by atoms with van der Waals surface area (Å²) in [6.07, 6.45) is -4.65. The van der Waals surface area contributed by atoms with Gasteiger partial charge in [0.25, 0.3) is 10.0 Å². The maximum atomic E-state index is 12.8. The second-order valence-corrected chi connectivity index (χ2v) is 11.4. The molecule has 0 spiro atoms. The van der Waals surface area contributed by atoms with Crippen LogP contribution in [0.5, 0.6) is 5.75 Å². The minimum Gasteiger partial charge on any atom is -0.417 e. The Kier molecular flexibility index (Phi) is 6.62. The van der Waals surface area contributed by atoms with Crippen molar-refractivity contribution in [3.8, 4) is 5.75 Å². The number of anilines is 1. The van der Waals surface area contributed by atoms with Gasteiger partial charge in [-0.2, -0.15) is 21.6 Å². The summed E-state index contributed by atoms with van der Waals surface area (Å²) in [5, 5.41) is 0.113. The predicted molar refractivity (Wildman–Crippen MR) is 127 cm³/mol. The van der Waals surface area contributed by atoms with E-state index < -0.39 is 53.8 Å². The van der Waals surface area contributed by atoms with Crippen molar-refractivity contribution < 1.29 is 38.6 Å². The van der Waals surface area contributed by atoms with Crippen LogP contribution < -0.4 is 14.5 Å². The summed E-state index contributed by atoms with van der Waals surface area (Å²) in [6.45, 7) is 0. The molecule has 36 heavy (non-hydrogen) atoms. The van der Waals surface area contributed by atoms with Gasteiger partial charge in [0.05, 0.1) is 10.5 Å². The average Bonchev–Trinajstić information content (AvgIpc) is 2.79. The highest BCUT2D eigenvalue weighted by atomic mass is 79.9. The second-order valence-electron chi connectivity index (χ2n) is 7.24. The fourth-order valence-corrected chi connectivity index (χ4v) is 5.64. The number of rotatable bonds is 6. The van der Waals surface area contributed by atoms with Crippen LogP contribution in [-0.4, -0.2) is 16.8 Å². The molecule has 14 heteroatoms. The molecular formula is C22H13BrF3NO7S2. The lowest BCUT2D eigenvalue weighted by Gasteiger charge is -2.11. The number of para-hydroxylation sites is 1. The lowest BCUT2D eigenvalue weighted by atomic mass is 10.2. The Hall–Kier alpha value is -3.36. The number of halogens is 4. The molecule has 188 valence electrons. The first-order chi connectivity index (χ1) is 16.8. The van der Waals surface area contributed by atoms with E-state index in [2.05, 4.69) is 20.7 Å². The molecule has 1 N–H and O–H groups in total. The van der Waals surface area contributed by atoms with E-state index in [-0.39, 0.29) is 15.9 Å². The number of nitrogens with one attached hydrogen (secondary N) is 1. The van der Waals surface area contributed by atoms with Gasteiger partial charge in [-0.15, -0.1) is 0 Å². The van der Waals surface area contributed by atoms with Crippen LogP contribution in [0.25, 0.3) is 11.0 Å². The molecule has 0 aliphatic carbocycles. The van der Waals surface area contributed by atoms with Crippen molar-refractivity contribution in [1.29, 1.82) is 0 Å². The Balaban J connectivity index is 1.67. The Morgan fingerprint density at radius 3 is 2.17 bits per heavy atom. The Morgan fingerprint density at radius 1 is 0.861 bits per heavy atom. The van der Waals surface area contributed by atoms with Crippen LogP contribution in [0, 0.1) is 0 Å². The molecule has 1 heterocycles. The van der Waals surface area contributed by atoms with Gasteiger partial charge in [0.15, 0.2) is 11.3 Å². The molecular weight excluding hydrogens is 591 g/mol. The summed E-state index contributed by atoms with van der Waals surface area (Å²) in [5.74, 6) is -0.425. The van der Waals surface area contributed by atoms with Crippen LogP contribution in [0.3, 0.4) is 0 Å². The van der Waals surface area contributed by atoms with Gasteiger partial charge in [0.1, 0.15) is 10.6 Å². The standard InChI is InChI=1S/C22H13BrF3NO7S2/c23-15-4-2-5-17(12-15)35(29,30)27-18-11-13-3-1-6-19(20(13)33-21(18)28)34-36(31,32)16-9-7-14(8-10-16)22(24,25)26/h1-12,27H. The molecule has 0 atom stereocenters. The van der Waals surface area contributed by atoms with E-state index in [4.69, 9.17) is 8.60 Å². The van der Waals surface area contributed by atoms with Crippen LogP contribution in [0.4, 0.5) is 18.9 Å².